The zero-order valence-corrected chi connectivity index (χ0v) is 36.2. The minimum atomic E-state index is -0.0223. The highest BCUT2D eigenvalue weighted by atomic mass is 16.5. The third kappa shape index (κ3) is 8.59. The molecule has 1 amide bonds. The molecule has 8 heterocycles. The average Bonchev–Trinajstić information content (AvgIpc) is 3.74. The molecule has 14 nitrogen and oxygen atoms in total. The number of ether oxygens (including phenoxy) is 2. The number of carbonyl (C=O) groups is 1. The topological polar surface area (TPSA) is 163 Å². The first-order valence-electron chi connectivity index (χ1n) is 22.4. The Morgan fingerprint density at radius 2 is 1.06 bits per heavy atom. The molecule has 3 aliphatic rings. The maximum atomic E-state index is 12.7. The molecule has 66 heavy (non-hydrogen) atoms. The minimum absolute atomic E-state index is 0.0223. The van der Waals surface area contributed by atoms with Crippen molar-refractivity contribution in [2.75, 3.05) is 62.4 Å². The summed E-state index contributed by atoms with van der Waals surface area (Å²) in [6.07, 6.45) is 9.22. The van der Waals surface area contributed by atoms with Crippen LogP contribution in [0, 0.1) is 0 Å². The van der Waals surface area contributed by atoms with E-state index < -0.39 is 0 Å². The Balaban J connectivity index is 0.000000146. The summed E-state index contributed by atoms with van der Waals surface area (Å²) in [6.45, 7) is 5.97. The number of carbonyl (C=O) groups excluding carboxylic acids is 1. The largest absolute Gasteiger partial charge is 0.378 e. The van der Waals surface area contributed by atoms with Gasteiger partial charge in [-0.15, -0.1) is 0 Å². The summed E-state index contributed by atoms with van der Waals surface area (Å²) in [5.74, 6) is 1.80. The molecule has 6 aromatic heterocycles. The quantitative estimate of drug-likeness (QED) is 0.127. The SMILES string of the molecule is O=C(NC1CC1)c1cccc(-c2cc(N3CCOCC3)nc3c(-c4ccn[nH]4)nccc23)c1.c1ccc(-c2ccc(-c3cc(N4CCOCC4)nc4c(-c5ccn[nH]5)nccc34)cc2)cc1. The maximum absolute atomic E-state index is 12.7. The third-order valence-corrected chi connectivity index (χ3v) is 12.3. The number of hydrogen-bond acceptors (Lipinski definition) is 11. The van der Waals surface area contributed by atoms with Crippen molar-refractivity contribution in [3.05, 3.63) is 146 Å². The van der Waals surface area contributed by atoms with Crippen LogP contribution in [0.1, 0.15) is 23.2 Å². The van der Waals surface area contributed by atoms with Crippen LogP contribution in [-0.2, 0) is 9.47 Å². The number of morpholine rings is 2. The van der Waals surface area contributed by atoms with E-state index in [1.165, 1.54) is 11.1 Å². The average molecular weight is 874 g/mol. The number of H-pyrrole nitrogens is 2. The van der Waals surface area contributed by atoms with Crippen LogP contribution in [0.15, 0.2) is 140 Å². The fourth-order valence-electron chi connectivity index (χ4n) is 8.63. The first kappa shape index (κ1) is 40.9. The standard InChI is InChI=1S/C27H23N5O.C25H24N6O2/c1-2-4-19(5-3-1)20-6-8-21(9-7-20)23-18-25(32-14-16-33-17-15-32)30-26-22(23)10-12-28-27(26)24-11-13-29-31-24;32-25(28-18-4-5-18)17-3-1-2-16(14-17)20-15-22(31-10-12-33-13-11-31)29-23-19(20)6-8-26-24(23)21-7-9-27-30-21/h1-13,18H,14-17H2,(H,29,31);1-3,6-9,14-15,18H,4-5,10-13H2,(H,27,30)(H,28,32). The van der Waals surface area contributed by atoms with Crippen molar-refractivity contribution in [3.8, 4) is 56.2 Å². The first-order chi connectivity index (χ1) is 32.6. The van der Waals surface area contributed by atoms with Gasteiger partial charge in [0.15, 0.2) is 0 Å². The Morgan fingerprint density at radius 3 is 1.59 bits per heavy atom. The lowest BCUT2D eigenvalue weighted by Gasteiger charge is -2.28. The van der Waals surface area contributed by atoms with Crippen molar-refractivity contribution < 1.29 is 14.3 Å². The number of benzene rings is 3. The van der Waals surface area contributed by atoms with Gasteiger partial charge in [0.1, 0.15) is 34.1 Å². The van der Waals surface area contributed by atoms with Crippen molar-refractivity contribution in [3.63, 3.8) is 0 Å². The van der Waals surface area contributed by atoms with Gasteiger partial charge >= 0.3 is 0 Å². The summed E-state index contributed by atoms with van der Waals surface area (Å²) < 4.78 is 11.1. The molecule has 0 bridgehead atoms. The molecule has 3 aromatic carbocycles. The Kier molecular flexibility index (Phi) is 11.4. The molecular formula is C52H47N11O3. The van der Waals surface area contributed by atoms with E-state index in [2.05, 4.69) is 106 Å². The predicted octanol–water partition coefficient (Wildman–Crippen LogP) is 8.61. The highest BCUT2D eigenvalue weighted by Crippen LogP contribution is 2.38. The zero-order valence-electron chi connectivity index (χ0n) is 36.2. The molecule has 0 spiro atoms. The first-order valence-corrected chi connectivity index (χ1v) is 22.4. The second-order valence-electron chi connectivity index (χ2n) is 16.6. The van der Waals surface area contributed by atoms with Crippen molar-refractivity contribution in [2.24, 2.45) is 0 Å². The fourth-order valence-corrected chi connectivity index (χ4v) is 8.63. The molecular weight excluding hydrogens is 827 g/mol. The molecule has 328 valence electrons. The van der Waals surface area contributed by atoms with Crippen LogP contribution in [0.2, 0.25) is 0 Å². The van der Waals surface area contributed by atoms with E-state index in [0.717, 1.165) is 117 Å². The van der Waals surface area contributed by atoms with Gasteiger partial charge in [-0.3, -0.25) is 25.0 Å². The molecule has 0 atom stereocenters. The molecule has 3 N–H and O–H groups in total. The lowest BCUT2D eigenvalue weighted by Crippen LogP contribution is -2.36. The van der Waals surface area contributed by atoms with Crippen LogP contribution in [0.25, 0.3) is 78.0 Å². The summed E-state index contributed by atoms with van der Waals surface area (Å²) in [6, 6.07) is 39.5. The highest BCUT2D eigenvalue weighted by molar-refractivity contribution is 6.04. The Morgan fingerprint density at radius 1 is 0.545 bits per heavy atom. The van der Waals surface area contributed by atoms with Gasteiger partial charge in [-0.25, -0.2) is 9.97 Å². The molecule has 1 saturated carbocycles. The molecule has 3 fully saturated rings. The van der Waals surface area contributed by atoms with Gasteiger partial charge < -0.3 is 24.6 Å². The van der Waals surface area contributed by atoms with Gasteiger partial charge in [0.25, 0.3) is 5.91 Å². The number of aromatic nitrogens is 8. The predicted molar refractivity (Wildman–Crippen MR) is 257 cm³/mol. The van der Waals surface area contributed by atoms with E-state index in [9.17, 15) is 4.79 Å². The Bertz CT molecular complexity index is 3110. The normalized spacial score (nSPS) is 15.1. The van der Waals surface area contributed by atoms with Crippen LogP contribution in [0.4, 0.5) is 11.6 Å². The highest BCUT2D eigenvalue weighted by Gasteiger charge is 2.25. The van der Waals surface area contributed by atoms with Gasteiger partial charge in [0.05, 0.1) is 37.8 Å². The molecule has 0 radical (unpaired) electrons. The summed E-state index contributed by atoms with van der Waals surface area (Å²) >= 11 is 0. The van der Waals surface area contributed by atoms with Crippen LogP contribution in [0.5, 0.6) is 0 Å². The lowest BCUT2D eigenvalue weighted by atomic mass is 9.97. The number of pyridine rings is 4. The van der Waals surface area contributed by atoms with E-state index in [1.54, 1.807) is 18.6 Å². The number of fused-ring (bicyclic) bond motifs is 2. The second kappa shape index (κ2) is 18.4. The van der Waals surface area contributed by atoms with Crippen LogP contribution in [0.3, 0.4) is 0 Å². The number of aromatic amines is 2. The summed E-state index contributed by atoms with van der Waals surface area (Å²) in [7, 11) is 0. The van der Waals surface area contributed by atoms with Crippen molar-refractivity contribution >= 4 is 39.3 Å². The smallest absolute Gasteiger partial charge is 0.251 e. The van der Waals surface area contributed by atoms with Crippen LogP contribution < -0.4 is 15.1 Å². The summed E-state index contributed by atoms with van der Waals surface area (Å²) in [5, 5.41) is 19.4. The van der Waals surface area contributed by atoms with Gasteiger partial charge in [-0.1, -0.05) is 66.7 Å². The van der Waals surface area contributed by atoms with E-state index in [0.29, 0.717) is 38.0 Å². The van der Waals surface area contributed by atoms with E-state index >= 15 is 0 Å². The molecule has 1 aliphatic carbocycles. The number of nitrogens with zero attached hydrogens (tertiary/aromatic N) is 8. The van der Waals surface area contributed by atoms with E-state index in [1.807, 2.05) is 60.8 Å². The molecule has 2 saturated heterocycles. The Labute approximate surface area is 381 Å². The van der Waals surface area contributed by atoms with Gasteiger partial charge in [0.2, 0.25) is 0 Å². The monoisotopic (exact) mass is 873 g/mol. The molecule has 14 heteroatoms. The second-order valence-corrected chi connectivity index (χ2v) is 16.6. The molecule has 2 aliphatic heterocycles. The van der Waals surface area contributed by atoms with Crippen LogP contribution >= 0.6 is 0 Å². The van der Waals surface area contributed by atoms with Gasteiger partial charge in [-0.05, 0) is 94.8 Å². The minimum Gasteiger partial charge on any atom is -0.378 e. The maximum Gasteiger partial charge on any atom is 0.251 e. The van der Waals surface area contributed by atoms with Gasteiger partial charge in [0, 0.05) is 73.3 Å². The molecule has 0 unspecified atom stereocenters. The lowest BCUT2D eigenvalue weighted by molar-refractivity contribution is 0.0951. The van der Waals surface area contributed by atoms with E-state index in [4.69, 9.17) is 19.4 Å². The zero-order chi connectivity index (χ0) is 44.2. The van der Waals surface area contributed by atoms with Crippen LogP contribution in [-0.4, -0.2) is 105 Å². The fraction of sp³-hybridized carbons (Fsp3) is 0.212. The number of amides is 1. The summed E-state index contributed by atoms with van der Waals surface area (Å²) in [4.78, 5) is 36.6. The number of nitrogens with one attached hydrogen (secondary N) is 3. The van der Waals surface area contributed by atoms with Gasteiger partial charge in [-0.2, -0.15) is 10.2 Å². The van der Waals surface area contributed by atoms with Crippen molar-refractivity contribution in [1.29, 1.82) is 0 Å². The van der Waals surface area contributed by atoms with Crippen molar-refractivity contribution in [2.45, 2.75) is 18.9 Å². The van der Waals surface area contributed by atoms with E-state index in [-0.39, 0.29) is 5.91 Å². The molecule has 9 aromatic rings. The van der Waals surface area contributed by atoms with Crippen molar-refractivity contribution in [1.82, 2.24) is 45.6 Å². The summed E-state index contributed by atoms with van der Waals surface area (Å²) in [5.41, 5.74) is 12.3. The Hall–Kier alpha value is -7.81. The third-order valence-electron chi connectivity index (χ3n) is 12.3. The molecule has 12 rings (SSSR count). The number of rotatable bonds is 9. The number of hydrogen-bond donors (Lipinski definition) is 3. The number of anilines is 2.